The molecule has 0 atom stereocenters. The second-order valence-corrected chi connectivity index (χ2v) is 5.19. The summed E-state index contributed by atoms with van der Waals surface area (Å²) in [6.07, 6.45) is 0.841. The third-order valence-corrected chi connectivity index (χ3v) is 3.61. The van der Waals surface area contributed by atoms with Crippen molar-refractivity contribution in [1.82, 2.24) is 14.9 Å². The smallest absolute Gasteiger partial charge is 0.278 e. The Kier molecular flexibility index (Phi) is 3.40. The molecule has 1 aromatic carbocycles. The van der Waals surface area contributed by atoms with Gasteiger partial charge in [0.05, 0.1) is 5.56 Å². The summed E-state index contributed by atoms with van der Waals surface area (Å²) >= 11 is 4.11. The van der Waals surface area contributed by atoms with Gasteiger partial charge in [-0.3, -0.25) is 9.69 Å². The van der Waals surface area contributed by atoms with Crippen LogP contribution in [0.1, 0.15) is 16.8 Å². The summed E-state index contributed by atoms with van der Waals surface area (Å²) in [6, 6.07) is 10.3. The first-order valence-corrected chi connectivity index (χ1v) is 6.74. The molecule has 2 heterocycles. The number of aromatic amines is 1. The number of benzene rings is 1. The zero-order chi connectivity index (χ0) is 13.2. The van der Waals surface area contributed by atoms with E-state index in [2.05, 4.69) is 39.6 Å². The molecule has 0 aliphatic carbocycles. The van der Waals surface area contributed by atoms with E-state index in [-0.39, 0.29) is 5.56 Å². The summed E-state index contributed by atoms with van der Waals surface area (Å²) in [4.78, 5) is 21.1. The van der Waals surface area contributed by atoms with Crippen molar-refractivity contribution in [2.75, 3.05) is 6.54 Å². The molecule has 1 N–H and O–H groups in total. The van der Waals surface area contributed by atoms with E-state index in [0.29, 0.717) is 11.7 Å². The average Bonchev–Trinajstić information content (AvgIpc) is 2.40. The number of fused-ring (bicyclic) bond motifs is 1. The predicted octanol–water partition coefficient (Wildman–Crippen LogP) is 1.62. The maximum Gasteiger partial charge on any atom is 0.278 e. The van der Waals surface area contributed by atoms with Gasteiger partial charge in [0.2, 0.25) is 0 Å². The lowest BCUT2D eigenvalue weighted by molar-refractivity contribution is 0.241. The van der Waals surface area contributed by atoms with Crippen LogP contribution in [0.15, 0.2) is 40.3 Å². The van der Waals surface area contributed by atoms with E-state index < -0.39 is 0 Å². The number of H-pyrrole nitrogens is 1. The first kappa shape index (κ1) is 12.4. The van der Waals surface area contributed by atoms with Crippen LogP contribution in [0.2, 0.25) is 0 Å². The fourth-order valence-electron chi connectivity index (χ4n) is 2.46. The summed E-state index contributed by atoms with van der Waals surface area (Å²) in [5, 5.41) is 0.403. The zero-order valence-electron chi connectivity index (χ0n) is 10.5. The Morgan fingerprint density at radius 1 is 1.32 bits per heavy atom. The summed E-state index contributed by atoms with van der Waals surface area (Å²) in [5.74, 6) is 0. The van der Waals surface area contributed by atoms with Gasteiger partial charge < -0.3 is 4.98 Å². The molecular formula is C14H15N3OS. The Morgan fingerprint density at radius 2 is 2.11 bits per heavy atom. The molecule has 1 aliphatic heterocycles. The first-order valence-electron chi connectivity index (χ1n) is 6.29. The quantitative estimate of drug-likeness (QED) is 0.646. The standard InChI is InChI=1S/C14H15N3OS/c18-13-11-9-17(8-10-4-2-1-3-5-10)7-6-12(11)15-14(19)16-13/h1-5H,6-9H2,(H2,15,16,18,19). The van der Waals surface area contributed by atoms with Crippen LogP contribution < -0.4 is 5.56 Å². The van der Waals surface area contributed by atoms with E-state index in [4.69, 9.17) is 0 Å². The molecule has 0 bridgehead atoms. The minimum absolute atomic E-state index is 0.156. The van der Waals surface area contributed by atoms with Crippen molar-refractivity contribution >= 4 is 12.6 Å². The van der Waals surface area contributed by atoms with Crippen LogP contribution in [0.4, 0.5) is 0 Å². The second kappa shape index (κ2) is 5.19. The molecule has 5 heteroatoms. The SMILES string of the molecule is O=c1nc(S)[nH]c2c1CN(Cc1ccccc1)CC2. The highest BCUT2D eigenvalue weighted by Gasteiger charge is 2.20. The van der Waals surface area contributed by atoms with E-state index >= 15 is 0 Å². The molecule has 0 saturated heterocycles. The van der Waals surface area contributed by atoms with Crippen molar-refractivity contribution < 1.29 is 0 Å². The van der Waals surface area contributed by atoms with Crippen molar-refractivity contribution in [2.24, 2.45) is 0 Å². The van der Waals surface area contributed by atoms with Crippen molar-refractivity contribution in [3.05, 3.63) is 57.5 Å². The molecule has 0 unspecified atom stereocenters. The minimum atomic E-state index is -0.156. The Morgan fingerprint density at radius 3 is 2.89 bits per heavy atom. The maximum absolute atomic E-state index is 11.9. The number of hydrogen-bond donors (Lipinski definition) is 2. The van der Waals surface area contributed by atoms with E-state index in [1.807, 2.05) is 18.2 Å². The maximum atomic E-state index is 11.9. The number of thiol groups is 1. The van der Waals surface area contributed by atoms with Gasteiger partial charge in [-0.2, -0.15) is 4.98 Å². The molecule has 98 valence electrons. The summed E-state index contributed by atoms with van der Waals surface area (Å²) in [6.45, 7) is 2.46. The van der Waals surface area contributed by atoms with Gasteiger partial charge in [-0.25, -0.2) is 0 Å². The summed E-state index contributed by atoms with van der Waals surface area (Å²) < 4.78 is 0. The lowest BCUT2D eigenvalue weighted by atomic mass is 10.1. The molecule has 1 aromatic heterocycles. The van der Waals surface area contributed by atoms with Crippen molar-refractivity contribution in [1.29, 1.82) is 0 Å². The topological polar surface area (TPSA) is 49.0 Å². The number of nitrogens with one attached hydrogen (secondary N) is 1. The molecule has 1 aliphatic rings. The van der Waals surface area contributed by atoms with Gasteiger partial charge in [0.15, 0.2) is 5.16 Å². The van der Waals surface area contributed by atoms with Gasteiger partial charge in [0.25, 0.3) is 5.56 Å². The van der Waals surface area contributed by atoms with Gasteiger partial charge in [-0.15, -0.1) is 12.6 Å². The van der Waals surface area contributed by atoms with E-state index in [9.17, 15) is 4.79 Å². The molecule has 0 spiro atoms. The van der Waals surface area contributed by atoms with Crippen LogP contribution >= 0.6 is 12.6 Å². The predicted molar refractivity (Wildman–Crippen MR) is 76.4 cm³/mol. The summed E-state index contributed by atoms with van der Waals surface area (Å²) in [5.41, 5.74) is 2.87. The van der Waals surface area contributed by atoms with Crippen LogP contribution in [-0.2, 0) is 19.5 Å². The lowest BCUT2D eigenvalue weighted by Crippen LogP contribution is -2.35. The minimum Gasteiger partial charge on any atom is -0.338 e. The fraction of sp³-hybridized carbons (Fsp3) is 0.286. The number of rotatable bonds is 2. The van der Waals surface area contributed by atoms with Crippen LogP contribution in [-0.4, -0.2) is 21.4 Å². The van der Waals surface area contributed by atoms with Gasteiger partial charge in [0, 0.05) is 31.7 Å². The number of nitrogens with zero attached hydrogens (tertiary/aromatic N) is 2. The molecule has 0 saturated carbocycles. The van der Waals surface area contributed by atoms with Crippen molar-refractivity contribution in [3.8, 4) is 0 Å². The van der Waals surface area contributed by atoms with Gasteiger partial charge in [-0.1, -0.05) is 30.3 Å². The highest BCUT2D eigenvalue weighted by molar-refractivity contribution is 7.80. The van der Waals surface area contributed by atoms with Crippen LogP contribution in [0.5, 0.6) is 0 Å². The van der Waals surface area contributed by atoms with Crippen LogP contribution in [0.3, 0.4) is 0 Å². The Labute approximate surface area is 116 Å². The largest absolute Gasteiger partial charge is 0.338 e. The second-order valence-electron chi connectivity index (χ2n) is 4.77. The highest BCUT2D eigenvalue weighted by atomic mass is 32.1. The average molecular weight is 273 g/mol. The summed E-state index contributed by atoms with van der Waals surface area (Å²) in [7, 11) is 0. The molecule has 19 heavy (non-hydrogen) atoms. The lowest BCUT2D eigenvalue weighted by Gasteiger charge is -2.27. The number of hydrogen-bond acceptors (Lipinski definition) is 4. The van der Waals surface area contributed by atoms with E-state index in [0.717, 1.165) is 30.8 Å². The molecule has 0 amide bonds. The van der Waals surface area contributed by atoms with Gasteiger partial charge in [-0.05, 0) is 5.56 Å². The first-order chi connectivity index (χ1) is 9.22. The molecule has 0 radical (unpaired) electrons. The van der Waals surface area contributed by atoms with Crippen molar-refractivity contribution in [2.45, 2.75) is 24.7 Å². The monoisotopic (exact) mass is 273 g/mol. The molecule has 0 fully saturated rings. The van der Waals surface area contributed by atoms with Crippen molar-refractivity contribution in [3.63, 3.8) is 0 Å². The Hall–Kier alpha value is -1.59. The Balaban J connectivity index is 1.81. The van der Waals surface area contributed by atoms with Gasteiger partial charge >= 0.3 is 0 Å². The van der Waals surface area contributed by atoms with Gasteiger partial charge in [0.1, 0.15) is 0 Å². The molecule has 4 nitrogen and oxygen atoms in total. The molecule has 3 rings (SSSR count). The van der Waals surface area contributed by atoms with Crippen LogP contribution in [0, 0.1) is 0 Å². The van der Waals surface area contributed by atoms with Crippen LogP contribution in [0.25, 0.3) is 0 Å². The number of aromatic nitrogens is 2. The normalized spacial score (nSPS) is 15.2. The van der Waals surface area contributed by atoms with E-state index in [1.54, 1.807) is 0 Å². The third kappa shape index (κ3) is 2.72. The highest BCUT2D eigenvalue weighted by Crippen LogP contribution is 2.16. The molecular weight excluding hydrogens is 258 g/mol. The zero-order valence-corrected chi connectivity index (χ0v) is 11.4. The fourth-order valence-corrected chi connectivity index (χ4v) is 2.68. The third-order valence-electron chi connectivity index (χ3n) is 3.40. The molecule has 2 aromatic rings. The Bertz CT molecular complexity index is 639. The van der Waals surface area contributed by atoms with E-state index in [1.165, 1.54) is 5.56 Å².